The van der Waals surface area contributed by atoms with Crippen LogP contribution in [-0.4, -0.2) is 22.8 Å². The number of hydrogen-bond acceptors (Lipinski definition) is 3. The third kappa shape index (κ3) is 4.55. The van der Waals surface area contributed by atoms with Crippen LogP contribution >= 0.6 is 0 Å². The monoisotopic (exact) mass is 337 g/mol. The first-order valence-electron chi connectivity index (χ1n) is 6.96. The SMILES string of the molecule is C[C@H](NC(=O)c1ccncc1)C(=O)Nc1ccc(C(F)(F)F)cc1. The average Bonchev–Trinajstić information content (AvgIpc) is 2.55. The first kappa shape index (κ1) is 17.5. The molecule has 0 aliphatic heterocycles. The second-order valence-corrected chi connectivity index (χ2v) is 5.00. The second-order valence-electron chi connectivity index (χ2n) is 5.00. The summed E-state index contributed by atoms with van der Waals surface area (Å²) in [6, 6.07) is 6.17. The predicted octanol–water partition coefficient (Wildman–Crippen LogP) is 2.86. The number of carbonyl (C=O) groups is 2. The van der Waals surface area contributed by atoms with Crippen molar-refractivity contribution in [1.29, 1.82) is 0 Å². The molecule has 2 N–H and O–H groups in total. The van der Waals surface area contributed by atoms with E-state index in [-0.39, 0.29) is 5.69 Å². The standard InChI is InChI=1S/C16H14F3N3O2/c1-10(21-15(24)11-6-8-20-9-7-11)14(23)22-13-4-2-12(3-5-13)16(17,18)19/h2-10H,1H3,(H,21,24)(H,22,23)/t10-/m0/s1. The third-order valence-corrected chi connectivity index (χ3v) is 3.16. The van der Waals surface area contributed by atoms with Gasteiger partial charge in [-0.3, -0.25) is 14.6 Å². The summed E-state index contributed by atoms with van der Waals surface area (Å²) in [4.78, 5) is 27.7. The van der Waals surface area contributed by atoms with Crippen molar-refractivity contribution in [3.8, 4) is 0 Å². The Hall–Kier alpha value is -2.90. The molecule has 0 bridgehead atoms. The highest BCUT2D eigenvalue weighted by atomic mass is 19.4. The molecule has 0 aliphatic rings. The molecule has 24 heavy (non-hydrogen) atoms. The quantitative estimate of drug-likeness (QED) is 0.901. The molecule has 0 fully saturated rings. The van der Waals surface area contributed by atoms with Gasteiger partial charge in [0.1, 0.15) is 6.04 Å². The Kier molecular flexibility index (Phi) is 5.18. The van der Waals surface area contributed by atoms with Crippen molar-refractivity contribution in [3.63, 3.8) is 0 Å². The number of hydrogen-bond donors (Lipinski definition) is 2. The number of aromatic nitrogens is 1. The number of alkyl halides is 3. The summed E-state index contributed by atoms with van der Waals surface area (Å²) in [7, 11) is 0. The van der Waals surface area contributed by atoms with E-state index in [2.05, 4.69) is 15.6 Å². The van der Waals surface area contributed by atoms with E-state index < -0.39 is 29.6 Å². The van der Waals surface area contributed by atoms with Crippen LogP contribution in [0.4, 0.5) is 18.9 Å². The summed E-state index contributed by atoms with van der Waals surface area (Å²) in [5.41, 5.74) is -0.253. The van der Waals surface area contributed by atoms with Gasteiger partial charge in [0.2, 0.25) is 5.91 Å². The van der Waals surface area contributed by atoms with Crippen LogP contribution in [0.2, 0.25) is 0 Å². The number of carbonyl (C=O) groups excluding carboxylic acids is 2. The topological polar surface area (TPSA) is 71.1 Å². The Balaban J connectivity index is 1.95. The molecular formula is C16H14F3N3O2. The van der Waals surface area contributed by atoms with Crippen molar-refractivity contribution in [1.82, 2.24) is 10.3 Å². The lowest BCUT2D eigenvalue weighted by molar-refractivity contribution is -0.137. The van der Waals surface area contributed by atoms with E-state index >= 15 is 0 Å². The molecule has 0 aliphatic carbocycles. The van der Waals surface area contributed by atoms with Gasteiger partial charge < -0.3 is 10.6 Å². The second kappa shape index (κ2) is 7.12. The van der Waals surface area contributed by atoms with E-state index in [9.17, 15) is 22.8 Å². The zero-order valence-electron chi connectivity index (χ0n) is 12.6. The molecule has 8 heteroatoms. The summed E-state index contributed by atoms with van der Waals surface area (Å²) < 4.78 is 37.4. The molecule has 0 saturated carbocycles. The summed E-state index contributed by atoms with van der Waals surface area (Å²) in [5.74, 6) is -0.996. The first-order valence-corrected chi connectivity index (χ1v) is 6.96. The van der Waals surface area contributed by atoms with Crippen LogP contribution in [0.5, 0.6) is 0 Å². The van der Waals surface area contributed by atoms with Gasteiger partial charge in [0.05, 0.1) is 5.56 Å². The fraction of sp³-hybridized carbons (Fsp3) is 0.188. The molecule has 0 radical (unpaired) electrons. The maximum absolute atomic E-state index is 12.5. The lowest BCUT2D eigenvalue weighted by Crippen LogP contribution is -2.41. The zero-order chi connectivity index (χ0) is 17.7. The van der Waals surface area contributed by atoms with Crippen LogP contribution in [0.15, 0.2) is 48.8 Å². The van der Waals surface area contributed by atoms with Crippen molar-refractivity contribution in [2.24, 2.45) is 0 Å². The molecule has 2 aromatic rings. The van der Waals surface area contributed by atoms with Crippen molar-refractivity contribution in [3.05, 3.63) is 59.9 Å². The molecule has 0 spiro atoms. The van der Waals surface area contributed by atoms with Crippen LogP contribution in [0, 0.1) is 0 Å². The van der Waals surface area contributed by atoms with E-state index in [4.69, 9.17) is 0 Å². The largest absolute Gasteiger partial charge is 0.416 e. The molecule has 0 unspecified atom stereocenters. The highest BCUT2D eigenvalue weighted by molar-refractivity contribution is 6.00. The Bertz CT molecular complexity index is 716. The number of pyridine rings is 1. The van der Waals surface area contributed by atoms with Gasteiger partial charge in [0, 0.05) is 23.6 Å². The van der Waals surface area contributed by atoms with Crippen LogP contribution in [0.1, 0.15) is 22.8 Å². The van der Waals surface area contributed by atoms with Gasteiger partial charge in [-0.15, -0.1) is 0 Å². The highest BCUT2D eigenvalue weighted by Crippen LogP contribution is 2.29. The van der Waals surface area contributed by atoms with Gasteiger partial charge in [0.25, 0.3) is 5.91 Å². The van der Waals surface area contributed by atoms with Gasteiger partial charge in [-0.1, -0.05) is 0 Å². The molecule has 1 aromatic carbocycles. The maximum Gasteiger partial charge on any atom is 0.416 e. The molecule has 0 saturated heterocycles. The van der Waals surface area contributed by atoms with Crippen molar-refractivity contribution >= 4 is 17.5 Å². The molecule has 1 heterocycles. The molecular weight excluding hydrogens is 323 g/mol. The lowest BCUT2D eigenvalue weighted by Gasteiger charge is -2.14. The Morgan fingerprint density at radius 1 is 1.04 bits per heavy atom. The van der Waals surface area contributed by atoms with Crippen molar-refractivity contribution in [2.45, 2.75) is 19.1 Å². The fourth-order valence-corrected chi connectivity index (χ4v) is 1.84. The van der Waals surface area contributed by atoms with E-state index in [1.807, 2.05) is 0 Å². The molecule has 2 rings (SSSR count). The smallest absolute Gasteiger partial charge is 0.341 e. The molecule has 2 amide bonds. The minimum Gasteiger partial charge on any atom is -0.341 e. The van der Waals surface area contributed by atoms with Crippen LogP contribution in [0.3, 0.4) is 0 Å². The molecule has 126 valence electrons. The minimum atomic E-state index is -4.44. The Morgan fingerprint density at radius 2 is 1.62 bits per heavy atom. The maximum atomic E-state index is 12.5. The number of anilines is 1. The number of benzene rings is 1. The summed E-state index contributed by atoms with van der Waals surface area (Å²) in [6.07, 6.45) is -1.54. The van der Waals surface area contributed by atoms with Crippen molar-refractivity contribution in [2.75, 3.05) is 5.32 Å². The first-order chi connectivity index (χ1) is 11.3. The van der Waals surface area contributed by atoms with Crippen LogP contribution in [-0.2, 0) is 11.0 Å². The van der Waals surface area contributed by atoms with E-state index in [0.717, 1.165) is 24.3 Å². The molecule has 1 aromatic heterocycles. The summed E-state index contributed by atoms with van der Waals surface area (Å²) in [6.45, 7) is 1.47. The lowest BCUT2D eigenvalue weighted by atomic mass is 10.2. The molecule has 5 nitrogen and oxygen atoms in total. The summed E-state index contributed by atoms with van der Waals surface area (Å²) in [5, 5.41) is 4.94. The third-order valence-electron chi connectivity index (χ3n) is 3.16. The number of rotatable bonds is 4. The number of halogens is 3. The highest BCUT2D eigenvalue weighted by Gasteiger charge is 2.30. The number of amides is 2. The van der Waals surface area contributed by atoms with Crippen LogP contribution < -0.4 is 10.6 Å². The molecule has 1 atom stereocenters. The normalized spacial score (nSPS) is 12.3. The van der Waals surface area contributed by atoms with E-state index in [1.54, 1.807) is 0 Å². The Morgan fingerprint density at radius 3 is 2.17 bits per heavy atom. The summed E-state index contributed by atoms with van der Waals surface area (Å²) >= 11 is 0. The predicted molar refractivity (Wildman–Crippen MR) is 81.2 cm³/mol. The number of nitrogens with one attached hydrogen (secondary N) is 2. The Labute approximate surface area is 135 Å². The van der Waals surface area contributed by atoms with E-state index in [0.29, 0.717) is 5.56 Å². The van der Waals surface area contributed by atoms with Gasteiger partial charge in [-0.2, -0.15) is 13.2 Å². The zero-order valence-corrected chi connectivity index (χ0v) is 12.6. The van der Waals surface area contributed by atoms with Gasteiger partial charge in [-0.25, -0.2) is 0 Å². The average molecular weight is 337 g/mol. The van der Waals surface area contributed by atoms with Crippen LogP contribution in [0.25, 0.3) is 0 Å². The van der Waals surface area contributed by atoms with E-state index in [1.165, 1.54) is 31.5 Å². The minimum absolute atomic E-state index is 0.206. The van der Waals surface area contributed by atoms with Crippen molar-refractivity contribution < 1.29 is 22.8 Å². The fourth-order valence-electron chi connectivity index (χ4n) is 1.84. The van der Waals surface area contributed by atoms with Gasteiger partial charge in [0.15, 0.2) is 0 Å². The number of nitrogens with zero attached hydrogens (tertiary/aromatic N) is 1. The van der Waals surface area contributed by atoms with Gasteiger partial charge >= 0.3 is 6.18 Å². The van der Waals surface area contributed by atoms with Gasteiger partial charge in [-0.05, 0) is 43.3 Å².